The second-order valence-electron chi connectivity index (χ2n) is 5.74. The summed E-state index contributed by atoms with van der Waals surface area (Å²) in [7, 11) is 1.51. The third-order valence-electron chi connectivity index (χ3n) is 4.23. The fourth-order valence-electron chi connectivity index (χ4n) is 2.98. The molecule has 0 saturated carbocycles. The molecule has 2 heterocycles. The Kier molecular flexibility index (Phi) is 3.85. The molecule has 3 rings (SSSR count). The zero-order valence-corrected chi connectivity index (χ0v) is 12.7. The summed E-state index contributed by atoms with van der Waals surface area (Å²) in [5.74, 6) is -2.13. The van der Waals surface area contributed by atoms with E-state index >= 15 is 0 Å². The molecule has 0 aliphatic carbocycles. The average Bonchev–Trinajstić information content (AvgIpc) is 2.55. The Balaban J connectivity index is 1.87. The van der Waals surface area contributed by atoms with Crippen LogP contribution >= 0.6 is 0 Å². The lowest BCUT2D eigenvalue weighted by Gasteiger charge is -2.33. The van der Waals surface area contributed by atoms with Gasteiger partial charge >= 0.3 is 5.97 Å². The molecule has 1 aromatic rings. The molecule has 120 valence electrons. The van der Waals surface area contributed by atoms with Crippen LogP contribution in [0.15, 0.2) is 29.4 Å². The van der Waals surface area contributed by atoms with Gasteiger partial charge in [-0.2, -0.15) is 5.10 Å². The third kappa shape index (κ3) is 2.81. The molecule has 1 atom stereocenters. The van der Waals surface area contributed by atoms with Crippen molar-refractivity contribution in [1.82, 2.24) is 9.91 Å². The Morgan fingerprint density at radius 1 is 1.26 bits per heavy atom. The van der Waals surface area contributed by atoms with Crippen LogP contribution in [0, 0.1) is 0 Å². The molecule has 23 heavy (non-hydrogen) atoms. The van der Waals surface area contributed by atoms with Crippen molar-refractivity contribution in [2.75, 3.05) is 13.6 Å². The largest absolute Gasteiger partial charge is 0.481 e. The lowest BCUT2D eigenvalue weighted by atomic mass is 9.89. The van der Waals surface area contributed by atoms with Gasteiger partial charge in [0.2, 0.25) is 5.91 Å². The molecular weight excluding hydrogens is 298 g/mol. The second-order valence-corrected chi connectivity index (χ2v) is 5.74. The van der Waals surface area contributed by atoms with Crippen LogP contribution in [0.1, 0.15) is 29.9 Å². The smallest absolute Gasteiger partial charge is 0.312 e. The van der Waals surface area contributed by atoms with E-state index in [-0.39, 0.29) is 31.2 Å². The van der Waals surface area contributed by atoms with Crippen molar-refractivity contribution >= 4 is 23.5 Å². The van der Waals surface area contributed by atoms with Crippen molar-refractivity contribution in [2.45, 2.75) is 25.3 Å². The number of nitrogens with zero attached hydrogens (tertiary/aromatic N) is 3. The molecule has 0 spiro atoms. The van der Waals surface area contributed by atoms with Gasteiger partial charge < -0.3 is 10.0 Å². The van der Waals surface area contributed by atoms with Gasteiger partial charge in [0.05, 0.1) is 5.92 Å². The number of aliphatic carboxylic acids is 1. The predicted octanol–water partition coefficient (Wildman–Crippen LogP) is 0.805. The van der Waals surface area contributed by atoms with Crippen LogP contribution in [-0.2, 0) is 20.9 Å². The first-order chi connectivity index (χ1) is 11.0. The summed E-state index contributed by atoms with van der Waals surface area (Å²) in [5, 5.41) is 14.6. The lowest BCUT2D eigenvalue weighted by Crippen LogP contribution is -2.45. The van der Waals surface area contributed by atoms with Crippen molar-refractivity contribution in [2.24, 2.45) is 5.10 Å². The molecule has 0 fully saturated rings. The van der Waals surface area contributed by atoms with Crippen molar-refractivity contribution in [3.8, 4) is 0 Å². The third-order valence-corrected chi connectivity index (χ3v) is 4.23. The highest BCUT2D eigenvalue weighted by molar-refractivity contribution is 6.39. The Morgan fingerprint density at radius 2 is 2.00 bits per heavy atom. The molecule has 0 radical (unpaired) electrons. The highest BCUT2D eigenvalue weighted by atomic mass is 16.4. The maximum atomic E-state index is 12.6. The number of benzene rings is 1. The van der Waals surface area contributed by atoms with Gasteiger partial charge in [-0.3, -0.25) is 14.4 Å². The van der Waals surface area contributed by atoms with Gasteiger partial charge in [-0.1, -0.05) is 24.3 Å². The minimum atomic E-state index is -0.951. The standard InChI is InChI=1S/C16H17N3O4/c1-18-14(20)7-6-13(17-18)15(21)19-8-10-4-2-3-5-11(10)12(9-19)16(22)23/h2-5,12H,6-9H2,1H3,(H,22,23). The molecule has 2 aliphatic heterocycles. The number of fused-ring (bicyclic) bond motifs is 1. The SMILES string of the molecule is CN1N=C(C(=O)N2Cc3ccccc3C(C(=O)O)C2)CCC1=O. The van der Waals surface area contributed by atoms with E-state index in [0.717, 1.165) is 11.1 Å². The van der Waals surface area contributed by atoms with Gasteiger partial charge in [0.1, 0.15) is 5.71 Å². The Morgan fingerprint density at radius 3 is 2.70 bits per heavy atom. The van der Waals surface area contributed by atoms with Crippen LogP contribution < -0.4 is 0 Å². The molecule has 2 aliphatic rings. The van der Waals surface area contributed by atoms with E-state index in [1.807, 2.05) is 12.1 Å². The fraction of sp³-hybridized carbons (Fsp3) is 0.375. The average molecular weight is 315 g/mol. The Hall–Kier alpha value is -2.70. The summed E-state index contributed by atoms with van der Waals surface area (Å²) in [6.45, 7) is 0.470. The van der Waals surface area contributed by atoms with Crippen LogP contribution in [0.5, 0.6) is 0 Å². The number of carboxylic acid groups (broad SMARTS) is 1. The molecule has 0 saturated heterocycles. The number of carbonyl (C=O) groups excluding carboxylic acids is 2. The van der Waals surface area contributed by atoms with E-state index in [0.29, 0.717) is 12.3 Å². The van der Waals surface area contributed by atoms with Gasteiger partial charge in [0, 0.05) is 33.0 Å². The first-order valence-corrected chi connectivity index (χ1v) is 7.41. The number of carbonyl (C=O) groups is 3. The highest BCUT2D eigenvalue weighted by Gasteiger charge is 2.34. The number of carboxylic acids is 1. The summed E-state index contributed by atoms with van der Waals surface area (Å²) in [6, 6.07) is 7.26. The minimum absolute atomic E-state index is 0.113. The minimum Gasteiger partial charge on any atom is -0.481 e. The monoisotopic (exact) mass is 315 g/mol. The lowest BCUT2D eigenvalue weighted by molar-refractivity contribution is -0.140. The highest BCUT2D eigenvalue weighted by Crippen LogP contribution is 2.29. The van der Waals surface area contributed by atoms with E-state index in [1.54, 1.807) is 12.1 Å². The molecule has 1 aromatic carbocycles. The summed E-state index contributed by atoms with van der Waals surface area (Å²) in [5.41, 5.74) is 1.89. The fourth-order valence-corrected chi connectivity index (χ4v) is 2.98. The molecular formula is C16H17N3O4. The molecule has 7 nitrogen and oxygen atoms in total. The summed E-state index contributed by atoms with van der Waals surface area (Å²) < 4.78 is 0. The van der Waals surface area contributed by atoms with E-state index < -0.39 is 11.9 Å². The maximum Gasteiger partial charge on any atom is 0.312 e. The predicted molar refractivity (Wildman–Crippen MR) is 81.7 cm³/mol. The summed E-state index contributed by atoms with van der Waals surface area (Å²) in [4.78, 5) is 37.1. The van der Waals surface area contributed by atoms with E-state index in [2.05, 4.69) is 5.10 Å². The first kappa shape index (κ1) is 15.2. The van der Waals surface area contributed by atoms with Gasteiger partial charge in [0.25, 0.3) is 5.91 Å². The molecule has 0 aromatic heterocycles. The molecule has 0 bridgehead atoms. The summed E-state index contributed by atoms with van der Waals surface area (Å²) >= 11 is 0. The summed E-state index contributed by atoms with van der Waals surface area (Å²) in [6.07, 6.45) is 0.533. The van der Waals surface area contributed by atoms with Gasteiger partial charge in [-0.05, 0) is 11.1 Å². The molecule has 1 N–H and O–H groups in total. The maximum absolute atomic E-state index is 12.6. The Bertz CT molecular complexity index is 713. The van der Waals surface area contributed by atoms with Crippen LogP contribution in [0.25, 0.3) is 0 Å². The molecule has 1 unspecified atom stereocenters. The zero-order valence-electron chi connectivity index (χ0n) is 12.7. The van der Waals surface area contributed by atoms with Crippen LogP contribution in [0.3, 0.4) is 0 Å². The van der Waals surface area contributed by atoms with Crippen molar-refractivity contribution < 1.29 is 19.5 Å². The quantitative estimate of drug-likeness (QED) is 0.874. The van der Waals surface area contributed by atoms with E-state index in [9.17, 15) is 19.5 Å². The number of amides is 2. The number of hydrogen-bond donors (Lipinski definition) is 1. The van der Waals surface area contributed by atoms with E-state index in [1.165, 1.54) is 17.0 Å². The van der Waals surface area contributed by atoms with Gasteiger partial charge in [-0.25, -0.2) is 5.01 Å². The van der Waals surface area contributed by atoms with Crippen molar-refractivity contribution in [3.05, 3.63) is 35.4 Å². The topological polar surface area (TPSA) is 90.3 Å². The Labute approximate surface area is 133 Å². The normalized spacial score (nSPS) is 20.8. The van der Waals surface area contributed by atoms with Crippen molar-refractivity contribution in [1.29, 1.82) is 0 Å². The molecule has 7 heteroatoms. The van der Waals surface area contributed by atoms with E-state index in [4.69, 9.17) is 0 Å². The zero-order chi connectivity index (χ0) is 16.6. The number of hydrogen-bond acceptors (Lipinski definition) is 4. The number of hydrazone groups is 1. The first-order valence-electron chi connectivity index (χ1n) is 7.41. The second kappa shape index (κ2) is 5.83. The van der Waals surface area contributed by atoms with Gasteiger partial charge in [-0.15, -0.1) is 0 Å². The van der Waals surface area contributed by atoms with Gasteiger partial charge in [0.15, 0.2) is 0 Å². The van der Waals surface area contributed by atoms with Crippen LogP contribution in [0.2, 0.25) is 0 Å². The van der Waals surface area contributed by atoms with Crippen LogP contribution in [-0.4, -0.2) is 52.1 Å². The van der Waals surface area contributed by atoms with Crippen molar-refractivity contribution in [3.63, 3.8) is 0 Å². The molecule has 2 amide bonds. The number of rotatable bonds is 2. The van der Waals surface area contributed by atoms with Crippen LogP contribution in [0.4, 0.5) is 0 Å².